The molecule has 0 atom stereocenters. The molecule has 1 N–H and O–H groups in total. The van der Waals surface area contributed by atoms with Crippen LogP contribution >= 0.6 is 0 Å². The number of hydrogen-bond acceptors (Lipinski definition) is 7. The molecule has 9 nitrogen and oxygen atoms in total. The highest BCUT2D eigenvalue weighted by Gasteiger charge is 2.29. The maximum atomic E-state index is 13.0. The molecule has 3 aromatic rings. The third-order valence-corrected chi connectivity index (χ3v) is 9.30. The van der Waals surface area contributed by atoms with Crippen LogP contribution in [-0.4, -0.2) is 91.4 Å². The van der Waals surface area contributed by atoms with Crippen LogP contribution in [0.1, 0.15) is 16.8 Å². The van der Waals surface area contributed by atoms with Crippen LogP contribution in [-0.2, 0) is 23.0 Å². The van der Waals surface area contributed by atoms with Crippen LogP contribution in [0, 0.1) is 6.92 Å². The van der Waals surface area contributed by atoms with Gasteiger partial charge in [-0.2, -0.15) is 4.31 Å². The number of sulfonamides is 1. The minimum Gasteiger partial charge on any atom is -0.340 e. The van der Waals surface area contributed by atoms with Crippen LogP contribution in [0.2, 0.25) is 0 Å². The maximum absolute atomic E-state index is 13.0. The van der Waals surface area contributed by atoms with Crippen molar-refractivity contribution >= 4 is 16.0 Å². The van der Waals surface area contributed by atoms with Gasteiger partial charge in [-0.05, 0) is 31.0 Å². The van der Waals surface area contributed by atoms with E-state index in [9.17, 15) is 13.2 Å². The average Bonchev–Trinajstić information content (AvgIpc) is 2.93. The van der Waals surface area contributed by atoms with E-state index in [1.165, 1.54) is 9.87 Å². The predicted octanol–water partition coefficient (Wildman–Crippen LogP) is 1.95. The quantitative estimate of drug-likeness (QED) is 0.471. The standard InChI is InChI=1S/C28H36N6O3S/c1-23-7-9-26(10-8-23)38(36,37)34-19-17-33(18-20-34)28-29-25(21-27(35)30-28)22-32-15-13-31(14-16-32)12-11-24-5-3-2-4-6-24/h2-10,21H,11-20,22H2,1H3,(H,29,30,35). The minimum absolute atomic E-state index is 0.179. The Morgan fingerprint density at radius 3 is 2.18 bits per heavy atom. The minimum atomic E-state index is -3.54. The maximum Gasteiger partial charge on any atom is 0.252 e. The number of rotatable bonds is 8. The number of aromatic nitrogens is 2. The molecule has 2 aliphatic rings. The van der Waals surface area contributed by atoms with Crippen molar-refractivity contribution in [2.24, 2.45) is 0 Å². The predicted molar refractivity (Wildman–Crippen MR) is 149 cm³/mol. The van der Waals surface area contributed by atoms with Gasteiger partial charge >= 0.3 is 0 Å². The molecule has 0 bridgehead atoms. The molecule has 3 heterocycles. The summed E-state index contributed by atoms with van der Waals surface area (Å²) in [5.41, 5.74) is 2.95. The van der Waals surface area contributed by atoms with Crippen LogP contribution in [0.5, 0.6) is 0 Å². The third-order valence-electron chi connectivity index (χ3n) is 7.39. The van der Waals surface area contributed by atoms with E-state index in [0.717, 1.165) is 50.4 Å². The summed E-state index contributed by atoms with van der Waals surface area (Å²) in [5, 5.41) is 0. The molecule has 202 valence electrons. The molecule has 0 saturated carbocycles. The van der Waals surface area contributed by atoms with Crippen molar-refractivity contribution in [1.82, 2.24) is 24.1 Å². The number of aromatic amines is 1. The first-order valence-electron chi connectivity index (χ1n) is 13.3. The summed E-state index contributed by atoms with van der Waals surface area (Å²) in [5.74, 6) is 0.515. The number of benzene rings is 2. The molecule has 0 spiro atoms. The van der Waals surface area contributed by atoms with Crippen molar-refractivity contribution in [3.8, 4) is 0 Å². The van der Waals surface area contributed by atoms with E-state index in [0.29, 0.717) is 43.6 Å². The second-order valence-corrected chi connectivity index (χ2v) is 12.1. The highest BCUT2D eigenvalue weighted by molar-refractivity contribution is 7.89. The number of piperazine rings is 2. The molecule has 2 fully saturated rings. The Labute approximate surface area is 224 Å². The van der Waals surface area contributed by atoms with Gasteiger partial charge in [0.15, 0.2) is 0 Å². The number of nitrogens with zero attached hydrogens (tertiary/aromatic N) is 5. The fraction of sp³-hybridized carbons (Fsp3) is 0.429. The van der Waals surface area contributed by atoms with Gasteiger partial charge in [-0.3, -0.25) is 14.7 Å². The van der Waals surface area contributed by atoms with E-state index in [1.807, 2.05) is 30.0 Å². The Hall–Kier alpha value is -3.05. The molecule has 10 heteroatoms. The van der Waals surface area contributed by atoms with Gasteiger partial charge < -0.3 is 9.80 Å². The molecule has 0 radical (unpaired) electrons. The van der Waals surface area contributed by atoms with Crippen LogP contribution in [0.25, 0.3) is 0 Å². The Balaban J connectivity index is 1.14. The lowest BCUT2D eigenvalue weighted by Crippen LogP contribution is -2.49. The number of hydrogen-bond donors (Lipinski definition) is 1. The van der Waals surface area contributed by atoms with Gasteiger partial charge in [0.1, 0.15) is 0 Å². The first-order valence-corrected chi connectivity index (χ1v) is 14.7. The zero-order chi connectivity index (χ0) is 26.5. The van der Waals surface area contributed by atoms with Crippen LogP contribution in [0.4, 0.5) is 5.95 Å². The van der Waals surface area contributed by atoms with E-state index in [2.05, 4.69) is 39.0 Å². The average molecular weight is 537 g/mol. The fourth-order valence-electron chi connectivity index (χ4n) is 5.06. The topological polar surface area (TPSA) is 92.8 Å². The zero-order valence-electron chi connectivity index (χ0n) is 21.9. The second-order valence-electron chi connectivity index (χ2n) is 10.1. The van der Waals surface area contributed by atoms with E-state index < -0.39 is 10.0 Å². The molecule has 2 saturated heterocycles. The van der Waals surface area contributed by atoms with Crippen molar-refractivity contribution in [2.45, 2.75) is 24.8 Å². The lowest BCUT2D eigenvalue weighted by atomic mass is 10.1. The fourth-order valence-corrected chi connectivity index (χ4v) is 6.48. The molecule has 1 aromatic heterocycles. The molecular weight excluding hydrogens is 500 g/mol. The SMILES string of the molecule is Cc1ccc(S(=O)(=O)N2CCN(c3nc(CN4CCN(CCc5ccccc5)CC4)cc(=O)[nH]3)CC2)cc1. The summed E-state index contributed by atoms with van der Waals surface area (Å²) in [4.78, 5) is 27.2. The molecule has 2 aromatic carbocycles. The number of aryl methyl sites for hydroxylation is 1. The van der Waals surface area contributed by atoms with Crippen LogP contribution in [0.3, 0.4) is 0 Å². The van der Waals surface area contributed by atoms with Crippen LogP contribution in [0.15, 0.2) is 70.4 Å². The second kappa shape index (κ2) is 11.8. The largest absolute Gasteiger partial charge is 0.340 e. The molecule has 2 aliphatic heterocycles. The smallest absolute Gasteiger partial charge is 0.252 e. The van der Waals surface area contributed by atoms with Gasteiger partial charge in [0.2, 0.25) is 16.0 Å². The highest BCUT2D eigenvalue weighted by Crippen LogP contribution is 2.20. The lowest BCUT2D eigenvalue weighted by molar-refractivity contribution is 0.127. The van der Waals surface area contributed by atoms with E-state index in [-0.39, 0.29) is 5.56 Å². The lowest BCUT2D eigenvalue weighted by Gasteiger charge is -2.35. The van der Waals surface area contributed by atoms with E-state index in [1.54, 1.807) is 18.2 Å². The molecule has 0 amide bonds. The summed E-state index contributed by atoms with van der Waals surface area (Å²) in [6.45, 7) is 9.12. The first-order chi connectivity index (χ1) is 18.4. The Bertz CT molecular complexity index is 1360. The highest BCUT2D eigenvalue weighted by atomic mass is 32.2. The third kappa shape index (κ3) is 6.50. The van der Waals surface area contributed by atoms with Gasteiger partial charge in [-0.1, -0.05) is 48.0 Å². The monoisotopic (exact) mass is 536 g/mol. The summed E-state index contributed by atoms with van der Waals surface area (Å²) >= 11 is 0. The van der Waals surface area contributed by atoms with Crippen molar-refractivity contribution < 1.29 is 8.42 Å². The van der Waals surface area contributed by atoms with Crippen molar-refractivity contribution in [3.05, 3.63) is 87.8 Å². The molecule has 38 heavy (non-hydrogen) atoms. The first kappa shape index (κ1) is 26.6. The van der Waals surface area contributed by atoms with Gasteiger partial charge in [-0.15, -0.1) is 0 Å². The molecule has 0 unspecified atom stereocenters. The molecule has 0 aliphatic carbocycles. The zero-order valence-corrected chi connectivity index (χ0v) is 22.7. The number of anilines is 1. The van der Waals surface area contributed by atoms with Gasteiger partial charge in [-0.25, -0.2) is 13.4 Å². The molecule has 5 rings (SSSR count). The van der Waals surface area contributed by atoms with Gasteiger partial charge in [0.05, 0.1) is 10.6 Å². The van der Waals surface area contributed by atoms with Gasteiger partial charge in [0, 0.05) is 71.5 Å². The Morgan fingerprint density at radius 2 is 1.50 bits per heavy atom. The Kier molecular flexibility index (Phi) is 8.23. The number of H-pyrrole nitrogens is 1. The summed E-state index contributed by atoms with van der Waals surface area (Å²) in [6, 6.07) is 19.1. The summed E-state index contributed by atoms with van der Waals surface area (Å²) in [6.07, 6.45) is 1.05. The number of nitrogens with one attached hydrogen (secondary N) is 1. The molecular formula is C28H36N6O3S. The van der Waals surface area contributed by atoms with E-state index >= 15 is 0 Å². The van der Waals surface area contributed by atoms with E-state index in [4.69, 9.17) is 4.98 Å². The summed E-state index contributed by atoms with van der Waals surface area (Å²) in [7, 11) is -3.54. The van der Waals surface area contributed by atoms with Crippen molar-refractivity contribution in [1.29, 1.82) is 0 Å². The van der Waals surface area contributed by atoms with Crippen molar-refractivity contribution in [2.75, 3.05) is 63.8 Å². The summed E-state index contributed by atoms with van der Waals surface area (Å²) < 4.78 is 27.6. The Morgan fingerprint density at radius 1 is 0.842 bits per heavy atom. The normalized spacial score (nSPS) is 18.1. The van der Waals surface area contributed by atoms with Gasteiger partial charge in [0.25, 0.3) is 5.56 Å². The van der Waals surface area contributed by atoms with Crippen molar-refractivity contribution in [3.63, 3.8) is 0 Å². The van der Waals surface area contributed by atoms with Crippen LogP contribution < -0.4 is 10.5 Å².